The molecule has 0 N–H and O–H groups in total. The summed E-state index contributed by atoms with van der Waals surface area (Å²) >= 11 is 0. The maximum Gasteiger partial charge on any atom is 0.410 e. The maximum atomic E-state index is 12.8. The van der Waals surface area contributed by atoms with E-state index in [1.807, 2.05) is 60.0 Å². The van der Waals surface area contributed by atoms with Crippen LogP contribution in [-0.4, -0.2) is 46.2 Å². The van der Waals surface area contributed by atoms with Crippen LogP contribution in [0.4, 0.5) is 4.79 Å². The highest BCUT2D eigenvalue weighted by Crippen LogP contribution is 2.17. The average molecular weight is 765 g/mol. The molecule has 0 aliphatic rings. The summed E-state index contributed by atoms with van der Waals surface area (Å²) in [6.45, 7) is 13.3. The molecule has 0 radical (unpaired) electrons. The number of carbonyl (C=O) groups is 2. The Labute approximate surface area is 337 Å². The smallest absolute Gasteiger partial charge is 0.410 e. The second kappa shape index (κ2) is 29.3. The number of hydrogen-bond donors (Lipinski definition) is 0. The van der Waals surface area contributed by atoms with Crippen LogP contribution in [0.15, 0.2) is 49.1 Å². The van der Waals surface area contributed by atoms with Gasteiger partial charge in [-0.1, -0.05) is 115 Å². The van der Waals surface area contributed by atoms with Gasteiger partial charge in [-0.15, -0.1) is 0 Å². The van der Waals surface area contributed by atoms with Crippen LogP contribution < -0.4 is 4.57 Å². The standard InChI is InChI=1S/C48H82N3O4/c1-47(2,3)54-45(52)35-40-51(46(53)55-48(4,5)6)39-28-24-20-16-12-8-10-14-18-22-26-32-44-34-30-38-50(42-44)37-27-23-19-15-11-7-9-13-17-21-25-31-43-33-29-36-49-41-43/h29-30,33-34,36,38,41-42H,7-28,31-32,35,37,39-40H2,1-6H3/q+1. The second-order valence-corrected chi connectivity index (χ2v) is 17.9. The minimum Gasteiger partial charge on any atom is -0.460 e. The fourth-order valence-corrected chi connectivity index (χ4v) is 7.09. The highest BCUT2D eigenvalue weighted by Gasteiger charge is 2.24. The number of rotatable bonds is 31. The number of carbonyl (C=O) groups excluding carboxylic acids is 2. The van der Waals surface area contributed by atoms with E-state index in [-0.39, 0.29) is 18.5 Å². The molecular formula is C48H82N3O4+. The summed E-state index contributed by atoms with van der Waals surface area (Å²) in [5.41, 5.74) is 1.77. The molecule has 0 fully saturated rings. The molecule has 1 amide bonds. The number of nitrogens with zero attached hydrogens (tertiary/aromatic N) is 3. The summed E-state index contributed by atoms with van der Waals surface area (Å²) in [5, 5.41) is 0. The number of aryl methyl sites for hydroxylation is 3. The third kappa shape index (κ3) is 28.1. The molecule has 0 unspecified atom stereocenters. The van der Waals surface area contributed by atoms with Crippen molar-refractivity contribution in [1.29, 1.82) is 0 Å². The number of ether oxygens (including phenoxy) is 2. The van der Waals surface area contributed by atoms with Crippen LogP contribution in [0.2, 0.25) is 0 Å². The molecule has 0 aromatic carbocycles. The van der Waals surface area contributed by atoms with Gasteiger partial charge in [0, 0.05) is 43.5 Å². The molecule has 2 aromatic rings. The van der Waals surface area contributed by atoms with Gasteiger partial charge in [0.15, 0.2) is 12.4 Å². The van der Waals surface area contributed by atoms with E-state index in [0.717, 1.165) is 19.4 Å². The van der Waals surface area contributed by atoms with E-state index in [1.165, 1.54) is 152 Å². The minimum absolute atomic E-state index is 0.180. The van der Waals surface area contributed by atoms with Gasteiger partial charge >= 0.3 is 12.1 Å². The lowest BCUT2D eigenvalue weighted by Gasteiger charge is -2.28. The van der Waals surface area contributed by atoms with Crippen LogP contribution >= 0.6 is 0 Å². The van der Waals surface area contributed by atoms with Crippen molar-refractivity contribution in [3.8, 4) is 0 Å². The van der Waals surface area contributed by atoms with Crippen LogP contribution in [0.5, 0.6) is 0 Å². The van der Waals surface area contributed by atoms with Crippen molar-refractivity contribution in [3.05, 3.63) is 60.2 Å². The van der Waals surface area contributed by atoms with Crippen LogP contribution in [0.3, 0.4) is 0 Å². The van der Waals surface area contributed by atoms with Gasteiger partial charge in [-0.3, -0.25) is 9.78 Å². The van der Waals surface area contributed by atoms with E-state index in [0.29, 0.717) is 13.1 Å². The Morgan fingerprint density at radius 2 is 1.05 bits per heavy atom. The third-order valence-electron chi connectivity index (χ3n) is 10.1. The molecule has 0 aliphatic carbocycles. The molecule has 0 spiro atoms. The first-order valence-electron chi connectivity index (χ1n) is 22.5. The summed E-state index contributed by atoms with van der Waals surface area (Å²) in [6, 6.07) is 8.77. The molecule has 0 bridgehead atoms. The number of hydrogen-bond acceptors (Lipinski definition) is 5. The molecule has 0 saturated heterocycles. The van der Waals surface area contributed by atoms with Crippen molar-refractivity contribution in [3.63, 3.8) is 0 Å². The molecule has 7 nitrogen and oxygen atoms in total. The molecule has 7 heteroatoms. The summed E-state index contributed by atoms with van der Waals surface area (Å²) in [5.74, 6) is -0.284. The van der Waals surface area contributed by atoms with Crippen molar-refractivity contribution in [2.24, 2.45) is 0 Å². The van der Waals surface area contributed by atoms with Crippen LogP contribution in [0.25, 0.3) is 0 Å². The van der Waals surface area contributed by atoms with Gasteiger partial charge in [0.05, 0.1) is 6.42 Å². The lowest BCUT2D eigenvalue weighted by atomic mass is 10.0. The molecule has 2 aromatic heterocycles. The SMILES string of the molecule is CC(C)(C)OC(=O)CCN(CCCCCCCCCCCCCc1ccc[n+](CCCCCCCCCCCCCc2cccnc2)c1)C(=O)OC(C)(C)C. The van der Waals surface area contributed by atoms with E-state index in [9.17, 15) is 9.59 Å². The Bertz CT molecular complexity index is 1250. The largest absolute Gasteiger partial charge is 0.460 e. The predicted molar refractivity (Wildman–Crippen MR) is 228 cm³/mol. The molecule has 0 saturated carbocycles. The number of esters is 1. The van der Waals surface area contributed by atoms with Gasteiger partial charge in [0.1, 0.15) is 17.7 Å². The number of aromatic nitrogens is 2. The first-order chi connectivity index (χ1) is 26.4. The Morgan fingerprint density at radius 1 is 0.582 bits per heavy atom. The van der Waals surface area contributed by atoms with E-state index >= 15 is 0 Å². The zero-order valence-electron chi connectivity index (χ0n) is 36.4. The Morgan fingerprint density at radius 3 is 1.56 bits per heavy atom. The Hall–Kier alpha value is -2.96. The summed E-state index contributed by atoms with van der Waals surface area (Å²) in [7, 11) is 0. The molecule has 312 valence electrons. The first-order valence-corrected chi connectivity index (χ1v) is 22.5. The summed E-state index contributed by atoms with van der Waals surface area (Å²) in [6.07, 6.45) is 39.4. The predicted octanol–water partition coefficient (Wildman–Crippen LogP) is 12.7. The van der Waals surface area contributed by atoms with E-state index in [1.54, 1.807) is 4.90 Å². The Balaban J connectivity index is 1.40. The summed E-state index contributed by atoms with van der Waals surface area (Å²) < 4.78 is 13.4. The van der Waals surface area contributed by atoms with Gasteiger partial charge < -0.3 is 14.4 Å². The zero-order chi connectivity index (χ0) is 40.0. The number of pyridine rings is 2. The fourth-order valence-electron chi connectivity index (χ4n) is 7.09. The van der Waals surface area contributed by atoms with Crippen LogP contribution in [-0.2, 0) is 33.7 Å². The third-order valence-corrected chi connectivity index (χ3v) is 10.1. The molecule has 55 heavy (non-hydrogen) atoms. The summed E-state index contributed by atoms with van der Waals surface area (Å²) in [4.78, 5) is 30.9. The van der Waals surface area contributed by atoms with Gasteiger partial charge in [0.2, 0.25) is 0 Å². The Kier molecular flexibility index (Phi) is 25.7. The van der Waals surface area contributed by atoms with Crippen molar-refractivity contribution in [2.75, 3.05) is 13.1 Å². The average Bonchev–Trinajstić information content (AvgIpc) is 3.12. The second-order valence-electron chi connectivity index (χ2n) is 17.9. The molecule has 0 atom stereocenters. The van der Waals surface area contributed by atoms with Crippen molar-refractivity contribution in [1.82, 2.24) is 9.88 Å². The van der Waals surface area contributed by atoms with Crippen LogP contribution in [0, 0.1) is 0 Å². The minimum atomic E-state index is -0.561. The van der Waals surface area contributed by atoms with Crippen molar-refractivity contribution >= 4 is 12.1 Å². The van der Waals surface area contributed by atoms with Gasteiger partial charge in [-0.05, 0) is 97.8 Å². The highest BCUT2D eigenvalue weighted by atomic mass is 16.6. The first kappa shape index (κ1) is 48.2. The van der Waals surface area contributed by atoms with Crippen molar-refractivity contribution < 1.29 is 23.6 Å². The normalized spacial score (nSPS) is 11.8. The fraction of sp³-hybridized carbons (Fsp3) is 0.750. The molecule has 0 aliphatic heterocycles. The van der Waals surface area contributed by atoms with Crippen LogP contribution in [0.1, 0.15) is 200 Å². The quantitative estimate of drug-likeness (QED) is 0.0434. The lowest BCUT2D eigenvalue weighted by Crippen LogP contribution is -2.39. The van der Waals surface area contributed by atoms with E-state index < -0.39 is 11.2 Å². The molecule has 2 heterocycles. The van der Waals surface area contributed by atoms with E-state index in [4.69, 9.17) is 9.47 Å². The van der Waals surface area contributed by atoms with Crippen molar-refractivity contribution in [2.45, 2.75) is 220 Å². The maximum absolute atomic E-state index is 12.8. The zero-order valence-corrected chi connectivity index (χ0v) is 36.4. The highest BCUT2D eigenvalue weighted by molar-refractivity contribution is 5.72. The molecule has 2 rings (SSSR count). The topological polar surface area (TPSA) is 72.6 Å². The van der Waals surface area contributed by atoms with Gasteiger partial charge in [0.25, 0.3) is 0 Å². The lowest BCUT2D eigenvalue weighted by molar-refractivity contribution is -0.697. The van der Waals surface area contributed by atoms with E-state index in [2.05, 4.69) is 40.1 Å². The van der Waals surface area contributed by atoms with Gasteiger partial charge in [-0.2, -0.15) is 0 Å². The number of amides is 1. The molecular weight excluding hydrogens is 683 g/mol. The number of unbranched alkanes of at least 4 members (excludes halogenated alkanes) is 20. The van der Waals surface area contributed by atoms with Gasteiger partial charge in [-0.25, -0.2) is 9.36 Å². The monoisotopic (exact) mass is 765 g/mol.